The van der Waals surface area contributed by atoms with Gasteiger partial charge in [0.25, 0.3) is 0 Å². The summed E-state index contributed by atoms with van der Waals surface area (Å²) in [6, 6.07) is 0. The SMILES string of the molecule is CCCCC/C=C/C=C1\C(=O)[C@@H]2[C@H]([C@@H]1CCCCCCCO)[C@H]1C=C[C@@H]2C1. The third-order valence-corrected chi connectivity index (χ3v) is 7.03. The maximum absolute atomic E-state index is 13.2. The van der Waals surface area contributed by atoms with Crippen LogP contribution < -0.4 is 0 Å². The van der Waals surface area contributed by atoms with Crippen molar-refractivity contribution >= 4 is 5.78 Å². The van der Waals surface area contributed by atoms with E-state index in [4.69, 9.17) is 5.11 Å². The molecule has 0 radical (unpaired) electrons. The third-order valence-electron chi connectivity index (χ3n) is 7.03. The molecule has 0 aromatic carbocycles. The second-order valence-corrected chi connectivity index (χ2v) is 8.85. The van der Waals surface area contributed by atoms with E-state index in [1.54, 1.807) is 0 Å². The lowest BCUT2D eigenvalue weighted by Crippen LogP contribution is -2.21. The first kappa shape index (κ1) is 20.6. The van der Waals surface area contributed by atoms with Gasteiger partial charge in [-0.15, -0.1) is 0 Å². The minimum atomic E-state index is 0.277. The van der Waals surface area contributed by atoms with Crippen LogP contribution in [0, 0.1) is 29.6 Å². The molecule has 5 atom stereocenters. The van der Waals surface area contributed by atoms with E-state index in [0.29, 0.717) is 36.1 Å². The van der Waals surface area contributed by atoms with E-state index >= 15 is 0 Å². The first-order valence-corrected chi connectivity index (χ1v) is 11.5. The number of carbonyl (C=O) groups excluding carboxylic acids is 1. The number of Topliss-reactive ketones (excluding diaryl/α,β-unsaturated/α-hetero) is 1. The van der Waals surface area contributed by atoms with Crippen LogP contribution in [0.1, 0.15) is 77.6 Å². The fourth-order valence-corrected chi connectivity index (χ4v) is 5.70. The lowest BCUT2D eigenvalue weighted by molar-refractivity contribution is -0.119. The van der Waals surface area contributed by atoms with Gasteiger partial charge in [0.1, 0.15) is 0 Å². The van der Waals surface area contributed by atoms with Crippen LogP contribution in [0.2, 0.25) is 0 Å². The number of hydrogen-bond acceptors (Lipinski definition) is 2. The van der Waals surface area contributed by atoms with Crippen molar-refractivity contribution in [1.82, 2.24) is 0 Å². The van der Waals surface area contributed by atoms with Gasteiger partial charge in [0.2, 0.25) is 0 Å². The Labute approximate surface area is 165 Å². The van der Waals surface area contributed by atoms with Crippen LogP contribution in [0.25, 0.3) is 0 Å². The number of fused-ring (bicyclic) bond motifs is 5. The molecule has 0 aliphatic heterocycles. The summed E-state index contributed by atoms with van der Waals surface area (Å²) in [5.74, 6) is 2.94. The quantitative estimate of drug-likeness (QED) is 0.259. The molecule has 2 fully saturated rings. The van der Waals surface area contributed by atoms with Gasteiger partial charge in [-0.2, -0.15) is 0 Å². The van der Waals surface area contributed by atoms with E-state index in [1.807, 2.05) is 0 Å². The van der Waals surface area contributed by atoms with Crippen molar-refractivity contribution in [1.29, 1.82) is 0 Å². The van der Waals surface area contributed by atoms with Crippen molar-refractivity contribution in [2.45, 2.75) is 77.6 Å². The molecular formula is C25H38O2. The zero-order chi connectivity index (χ0) is 19.1. The van der Waals surface area contributed by atoms with E-state index in [-0.39, 0.29) is 5.92 Å². The molecule has 0 saturated heterocycles. The van der Waals surface area contributed by atoms with E-state index in [2.05, 4.69) is 37.3 Å². The molecule has 3 rings (SSSR count). The van der Waals surface area contributed by atoms with E-state index in [0.717, 1.165) is 24.8 Å². The average Bonchev–Trinajstić information content (AvgIpc) is 3.35. The maximum atomic E-state index is 13.2. The van der Waals surface area contributed by atoms with Gasteiger partial charge in [0.15, 0.2) is 5.78 Å². The maximum Gasteiger partial charge on any atom is 0.163 e. The van der Waals surface area contributed by atoms with Crippen molar-refractivity contribution in [3.63, 3.8) is 0 Å². The molecule has 2 heteroatoms. The lowest BCUT2D eigenvalue weighted by Gasteiger charge is -2.25. The van der Waals surface area contributed by atoms with Crippen molar-refractivity contribution < 1.29 is 9.90 Å². The van der Waals surface area contributed by atoms with Crippen LogP contribution in [0.5, 0.6) is 0 Å². The number of unbranched alkanes of at least 4 members (excludes halogenated alkanes) is 7. The van der Waals surface area contributed by atoms with Gasteiger partial charge < -0.3 is 5.11 Å². The molecule has 0 amide bonds. The Morgan fingerprint density at radius 3 is 2.63 bits per heavy atom. The van der Waals surface area contributed by atoms with E-state index in [9.17, 15) is 4.79 Å². The number of aliphatic hydroxyl groups is 1. The standard InChI is InChI=1S/C25H38O2/c1-2-3-4-5-7-11-14-22-21(13-10-8-6-9-12-17-26)23-19-15-16-20(18-19)24(23)25(22)27/h7,11,14-16,19-21,23-24,26H,2-6,8-10,12-13,17-18H2,1H3/b11-7+,22-14-/t19-,20+,21+,23-,24-/m0/s1. The summed E-state index contributed by atoms with van der Waals surface area (Å²) in [6.07, 6.45) is 24.3. The fraction of sp³-hybridized carbons (Fsp3) is 0.720. The summed E-state index contributed by atoms with van der Waals surface area (Å²) < 4.78 is 0. The minimum absolute atomic E-state index is 0.277. The monoisotopic (exact) mass is 370 g/mol. The topological polar surface area (TPSA) is 37.3 Å². The Morgan fingerprint density at radius 1 is 1.04 bits per heavy atom. The molecule has 2 bridgehead atoms. The van der Waals surface area contributed by atoms with Crippen molar-refractivity contribution in [3.05, 3.63) is 36.0 Å². The van der Waals surface area contributed by atoms with Crippen molar-refractivity contribution in [3.8, 4) is 0 Å². The smallest absolute Gasteiger partial charge is 0.163 e. The predicted molar refractivity (Wildman–Crippen MR) is 112 cm³/mol. The van der Waals surface area contributed by atoms with Gasteiger partial charge >= 0.3 is 0 Å². The first-order chi connectivity index (χ1) is 13.3. The van der Waals surface area contributed by atoms with Crippen LogP contribution in [-0.4, -0.2) is 17.5 Å². The molecule has 0 aromatic heterocycles. The summed E-state index contributed by atoms with van der Waals surface area (Å²) in [7, 11) is 0. The largest absolute Gasteiger partial charge is 0.396 e. The van der Waals surface area contributed by atoms with Gasteiger partial charge in [-0.1, -0.05) is 75.8 Å². The van der Waals surface area contributed by atoms with Gasteiger partial charge in [0, 0.05) is 12.5 Å². The summed E-state index contributed by atoms with van der Waals surface area (Å²) in [4.78, 5) is 13.2. The molecule has 0 spiro atoms. The summed E-state index contributed by atoms with van der Waals surface area (Å²) in [6.45, 7) is 2.55. The van der Waals surface area contributed by atoms with Crippen molar-refractivity contribution in [2.24, 2.45) is 29.6 Å². The fourth-order valence-electron chi connectivity index (χ4n) is 5.70. The highest BCUT2D eigenvalue weighted by Crippen LogP contribution is 2.58. The Bertz CT molecular complexity index is 571. The molecule has 0 heterocycles. The second-order valence-electron chi connectivity index (χ2n) is 8.85. The molecule has 150 valence electrons. The third kappa shape index (κ3) is 4.83. The number of ketones is 1. The molecule has 3 aliphatic rings. The van der Waals surface area contributed by atoms with Gasteiger partial charge in [-0.3, -0.25) is 4.79 Å². The minimum Gasteiger partial charge on any atom is -0.396 e. The molecule has 1 N–H and O–H groups in total. The molecule has 2 saturated carbocycles. The van der Waals surface area contributed by atoms with E-state index in [1.165, 1.54) is 51.4 Å². The van der Waals surface area contributed by atoms with Gasteiger partial charge in [-0.25, -0.2) is 0 Å². The number of carbonyl (C=O) groups is 1. The molecule has 3 aliphatic carbocycles. The zero-order valence-electron chi connectivity index (χ0n) is 17.1. The van der Waals surface area contributed by atoms with Gasteiger partial charge in [0.05, 0.1) is 0 Å². The molecule has 27 heavy (non-hydrogen) atoms. The number of hydrogen-bond donors (Lipinski definition) is 1. The Hall–Kier alpha value is -1.15. The first-order valence-electron chi connectivity index (χ1n) is 11.5. The summed E-state index contributed by atoms with van der Waals surface area (Å²) in [5, 5.41) is 8.92. The van der Waals surface area contributed by atoms with Crippen LogP contribution in [-0.2, 0) is 4.79 Å². The lowest BCUT2D eigenvalue weighted by atomic mass is 9.78. The van der Waals surface area contributed by atoms with Crippen LogP contribution in [0.3, 0.4) is 0 Å². The highest BCUT2D eigenvalue weighted by molar-refractivity contribution is 6.01. The van der Waals surface area contributed by atoms with Crippen molar-refractivity contribution in [2.75, 3.05) is 6.61 Å². The normalized spacial score (nSPS) is 33.0. The Balaban J connectivity index is 1.60. The number of aliphatic hydroxyl groups excluding tert-OH is 1. The van der Waals surface area contributed by atoms with Gasteiger partial charge in [-0.05, 0) is 61.3 Å². The predicted octanol–water partition coefficient (Wildman–Crippen LogP) is 6.02. The summed E-state index contributed by atoms with van der Waals surface area (Å²) in [5.41, 5.74) is 1.13. The highest BCUT2D eigenvalue weighted by atomic mass is 16.2. The zero-order valence-corrected chi connectivity index (χ0v) is 17.1. The molecule has 0 aromatic rings. The van der Waals surface area contributed by atoms with Crippen LogP contribution in [0.4, 0.5) is 0 Å². The number of allylic oxidation sites excluding steroid dienone is 6. The second kappa shape index (κ2) is 10.4. The Kier molecular flexibility index (Phi) is 7.93. The Morgan fingerprint density at radius 2 is 1.81 bits per heavy atom. The van der Waals surface area contributed by atoms with E-state index < -0.39 is 0 Å². The summed E-state index contributed by atoms with van der Waals surface area (Å²) >= 11 is 0. The van der Waals surface area contributed by atoms with Crippen LogP contribution in [0.15, 0.2) is 36.0 Å². The average molecular weight is 371 g/mol. The molecule has 2 nitrogen and oxygen atoms in total. The molecule has 0 unspecified atom stereocenters. The molecular weight excluding hydrogens is 332 g/mol. The number of rotatable bonds is 12. The van der Waals surface area contributed by atoms with Crippen LogP contribution >= 0.6 is 0 Å². The highest BCUT2D eigenvalue weighted by Gasteiger charge is 2.57.